The second kappa shape index (κ2) is 3.85. The number of carbonyl (C=O) groups is 1. The highest BCUT2D eigenvalue weighted by Crippen LogP contribution is 2.26. The molecule has 1 aromatic carbocycles. The second-order valence-corrected chi connectivity index (χ2v) is 4.03. The van der Waals surface area contributed by atoms with Crippen LogP contribution in [0, 0.1) is 0 Å². The van der Waals surface area contributed by atoms with Gasteiger partial charge in [-0.2, -0.15) is 5.10 Å². The van der Waals surface area contributed by atoms with Crippen molar-refractivity contribution in [3.63, 3.8) is 0 Å². The third-order valence-corrected chi connectivity index (χ3v) is 2.81. The van der Waals surface area contributed by atoms with Crippen molar-refractivity contribution in [2.75, 3.05) is 0 Å². The molecule has 7 heteroatoms. The molecular formula is C11H6ClN3O3. The Morgan fingerprint density at radius 1 is 1.39 bits per heavy atom. The molecule has 2 N–H and O–H groups in total. The summed E-state index contributed by atoms with van der Waals surface area (Å²) < 4.78 is 4.69. The number of aromatic nitrogens is 3. The third-order valence-electron chi connectivity index (χ3n) is 2.53. The first-order valence-electron chi connectivity index (χ1n) is 4.99. The molecule has 0 bridgehead atoms. The van der Waals surface area contributed by atoms with E-state index < -0.39 is 5.97 Å². The Balaban J connectivity index is 2.10. The van der Waals surface area contributed by atoms with Crippen molar-refractivity contribution in [1.29, 1.82) is 0 Å². The molecule has 0 spiro atoms. The zero-order valence-electron chi connectivity index (χ0n) is 8.85. The maximum atomic E-state index is 10.7. The fraction of sp³-hybridized carbons (Fsp3) is 0. The van der Waals surface area contributed by atoms with Gasteiger partial charge in [0.2, 0.25) is 5.76 Å². The van der Waals surface area contributed by atoms with E-state index >= 15 is 0 Å². The van der Waals surface area contributed by atoms with Crippen LogP contribution in [0.3, 0.4) is 0 Å². The van der Waals surface area contributed by atoms with Gasteiger partial charge in [-0.25, -0.2) is 4.79 Å². The molecule has 0 amide bonds. The number of rotatable bonds is 2. The first kappa shape index (κ1) is 10.8. The van der Waals surface area contributed by atoms with Gasteiger partial charge in [-0.1, -0.05) is 22.8 Å². The van der Waals surface area contributed by atoms with Crippen LogP contribution in [-0.4, -0.2) is 26.4 Å². The zero-order chi connectivity index (χ0) is 12.7. The van der Waals surface area contributed by atoms with E-state index in [-0.39, 0.29) is 5.76 Å². The summed E-state index contributed by atoms with van der Waals surface area (Å²) in [5, 5.41) is 20.4. The van der Waals surface area contributed by atoms with E-state index in [4.69, 9.17) is 21.2 Å². The molecule has 0 saturated heterocycles. The van der Waals surface area contributed by atoms with Crippen molar-refractivity contribution >= 4 is 28.5 Å². The van der Waals surface area contributed by atoms with Crippen molar-refractivity contribution in [3.05, 3.63) is 35.2 Å². The largest absolute Gasteiger partial charge is 0.475 e. The number of H-pyrrole nitrogens is 1. The summed E-state index contributed by atoms with van der Waals surface area (Å²) in [5.41, 5.74) is 1.83. The van der Waals surface area contributed by atoms with E-state index in [9.17, 15) is 4.79 Å². The van der Waals surface area contributed by atoms with Gasteiger partial charge in [0.05, 0.1) is 5.52 Å². The molecule has 6 nitrogen and oxygen atoms in total. The van der Waals surface area contributed by atoms with Gasteiger partial charge in [-0.05, 0) is 12.1 Å². The van der Waals surface area contributed by atoms with Gasteiger partial charge in [0.1, 0.15) is 10.8 Å². The first-order valence-corrected chi connectivity index (χ1v) is 5.37. The number of aromatic carboxylic acids is 1. The minimum Gasteiger partial charge on any atom is -0.475 e. The summed E-state index contributed by atoms with van der Waals surface area (Å²) >= 11 is 5.89. The summed E-state index contributed by atoms with van der Waals surface area (Å²) in [6.07, 6.45) is 0. The van der Waals surface area contributed by atoms with Crippen LogP contribution in [0.4, 0.5) is 0 Å². The molecular weight excluding hydrogens is 258 g/mol. The quantitative estimate of drug-likeness (QED) is 0.741. The summed E-state index contributed by atoms with van der Waals surface area (Å²) in [5.74, 6) is -1.36. The molecule has 0 unspecified atom stereocenters. The number of nitrogens with zero attached hydrogens (tertiary/aromatic N) is 2. The van der Waals surface area contributed by atoms with Crippen LogP contribution in [0.25, 0.3) is 22.2 Å². The molecule has 3 aromatic rings. The van der Waals surface area contributed by atoms with Crippen LogP contribution < -0.4 is 0 Å². The molecule has 0 radical (unpaired) electrons. The number of aromatic amines is 1. The molecule has 0 aliphatic heterocycles. The van der Waals surface area contributed by atoms with Crippen molar-refractivity contribution in [2.24, 2.45) is 0 Å². The van der Waals surface area contributed by atoms with Gasteiger partial charge in [0, 0.05) is 17.0 Å². The van der Waals surface area contributed by atoms with Crippen molar-refractivity contribution in [1.82, 2.24) is 15.4 Å². The van der Waals surface area contributed by atoms with E-state index in [0.717, 1.165) is 5.39 Å². The molecule has 2 heterocycles. The van der Waals surface area contributed by atoms with E-state index in [1.165, 1.54) is 6.07 Å². The molecule has 0 saturated carbocycles. The maximum absolute atomic E-state index is 10.7. The Bertz CT molecular complexity index is 747. The number of fused-ring (bicyclic) bond motifs is 1. The molecule has 0 aliphatic rings. The van der Waals surface area contributed by atoms with Crippen LogP contribution in [0.2, 0.25) is 5.15 Å². The Labute approximate surface area is 105 Å². The number of hydrogen-bond acceptors (Lipinski definition) is 4. The minimum absolute atomic E-state index is 0.204. The minimum atomic E-state index is -1.15. The normalized spacial score (nSPS) is 10.9. The van der Waals surface area contributed by atoms with Gasteiger partial charge >= 0.3 is 5.97 Å². The van der Waals surface area contributed by atoms with Crippen LogP contribution >= 0.6 is 11.6 Å². The molecule has 0 atom stereocenters. The third kappa shape index (κ3) is 1.63. The van der Waals surface area contributed by atoms with Gasteiger partial charge in [0.15, 0.2) is 0 Å². The Hall–Kier alpha value is -2.34. The van der Waals surface area contributed by atoms with Crippen LogP contribution in [0.15, 0.2) is 28.8 Å². The van der Waals surface area contributed by atoms with Gasteiger partial charge < -0.3 is 9.63 Å². The number of halogens is 1. The Kier molecular flexibility index (Phi) is 2.31. The Morgan fingerprint density at radius 3 is 2.94 bits per heavy atom. The Morgan fingerprint density at radius 2 is 2.22 bits per heavy atom. The number of hydrogen-bond donors (Lipinski definition) is 2. The number of carboxylic acid groups (broad SMARTS) is 1. The monoisotopic (exact) mass is 263 g/mol. The highest BCUT2D eigenvalue weighted by Gasteiger charge is 2.13. The molecule has 90 valence electrons. The lowest BCUT2D eigenvalue weighted by atomic mass is 10.1. The first-order chi connectivity index (χ1) is 8.65. The number of carboxylic acids is 1. The smallest absolute Gasteiger partial charge is 0.374 e. The van der Waals surface area contributed by atoms with Crippen molar-refractivity contribution in [3.8, 4) is 11.3 Å². The van der Waals surface area contributed by atoms with Crippen molar-refractivity contribution in [2.45, 2.75) is 0 Å². The standard InChI is InChI=1S/C11H6ClN3O3/c12-10-6-2-1-5(3-8(6)13-14-10)7-4-9(11(16)17)18-15-7/h1-4H,(H,13,14)(H,16,17). The fourth-order valence-corrected chi connectivity index (χ4v) is 1.85. The summed E-state index contributed by atoms with van der Waals surface area (Å²) in [6.45, 7) is 0. The molecule has 18 heavy (non-hydrogen) atoms. The number of nitrogens with one attached hydrogen (secondary N) is 1. The predicted molar refractivity (Wildman–Crippen MR) is 63.6 cm³/mol. The average Bonchev–Trinajstić information content (AvgIpc) is 2.96. The fourth-order valence-electron chi connectivity index (χ4n) is 1.65. The van der Waals surface area contributed by atoms with Gasteiger partial charge in [-0.15, -0.1) is 0 Å². The second-order valence-electron chi connectivity index (χ2n) is 3.65. The maximum Gasteiger partial charge on any atom is 0.374 e. The van der Waals surface area contributed by atoms with E-state index in [0.29, 0.717) is 21.9 Å². The van der Waals surface area contributed by atoms with Crippen LogP contribution in [-0.2, 0) is 0 Å². The summed E-state index contributed by atoms with van der Waals surface area (Å²) in [6, 6.07) is 6.66. The SMILES string of the molecule is O=C(O)c1cc(-c2ccc3c(Cl)[nH]nc3c2)no1. The highest BCUT2D eigenvalue weighted by atomic mass is 35.5. The van der Waals surface area contributed by atoms with E-state index in [1.807, 2.05) is 0 Å². The highest BCUT2D eigenvalue weighted by molar-refractivity contribution is 6.34. The molecule has 0 fully saturated rings. The van der Waals surface area contributed by atoms with E-state index in [2.05, 4.69) is 15.4 Å². The summed E-state index contributed by atoms with van der Waals surface area (Å²) in [4.78, 5) is 10.7. The van der Waals surface area contributed by atoms with Crippen LogP contribution in [0.1, 0.15) is 10.6 Å². The lowest BCUT2D eigenvalue weighted by Gasteiger charge is -1.94. The van der Waals surface area contributed by atoms with Gasteiger partial charge in [-0.3, -0.25) is 5.10 Å². The lowest BCUT2D eigenvalue weighted by Crippen LogP contribution is -1.91. The van der Waals surface area contributed by atoms with Crippen LogP contribution in [0.5, 0.6) is 0 Å². The zero-order valence-corrected chi connectivity index (χ0v) is 9.60. The predicted octanol–water partition coefficient (Wildman–Crippen LogP) is 2.57. The molecule has 2 aromatic heterocycles. The van der Waals surface area contributed by atoms with Gasteiger partial charge in [0.25, 0.3) is 0 Å². The average molecular weight is 264 g/mol. The van der Waals surface area contributed by atoms with Crippen molar-refractivity contribution < 1.29 is 14.4 Å². The molecule has 0 aliphatic carbocycles. The molecule has 3 rings (SSSR count). The topological polar surface area (TPSA) is 92.0 Å². The lowest BCUT2D eigenvalue weighted by molar-refractivity contribution is 0.0652. The number of benzene rings is 1. The van der Waals surface area contributed by atoms with E-state index in [1.54, 1.807) is 18.2 Å². The summed E-state index contributed by atoms with van der Waals surface area (Å²) in [7, 11) is 0.